The lowest BCUT2D eigenvalue weighted by atomic mass is 9.86. The number of pyridine rings is 1. The topological polar surface area (TPSA) is 93.3 Å². The van der Waals surface area contributed by atoms with Crippen LogP contribution < -0.4 is 20.4 Å². The first kappa shape index (κ1) is 31.4. The fraction of sp³-hybridized carbons (Fsp3) is 0.639. The van der Waals surface area contributed by atoms with Crippen molar-refractivity contribution in [3.05, 3.63) is 41.5 Å². The first-order valence-corrected chi connectivity index (χ1v) is 17.6. The molecule has 1 atom stereocenters. The highest BCUT2D eigenvalue weighted by molar-refractivity contribution is 6.04. The summed E-state index contributed by atoms with van der Waals surface area (Å²) in [5.41, 5.74) is 3.17. The van der Waals surface area contributed by atoms with Crippen LogP contribution in [0.15, 0.2) is 30.3 Å². The number of aromatic nitrogens is 1. The minimum Gasteiger partial charge on any atom is -0.381 e. The standard InChI is InChI=1S/C36H51N7O3/c1-25-23-28(34(44)39-36(15-5-4-6-16-36)42-19-17-41(18-20-42)24-27-7-8-27)9-10-30(25)37-32-12-11-31-33(38-32)43(26(2)35(45)40(31)3)29-13-21-46-22-14-29/h9-12,23,26-27,29H,4-8,13-22,24H2,1-3H3,(H,37,38)(H,39,44)/t26-/m1/s1. The van der Waals surface area contributed by atoms with Gasteiger partial charge in [-0.05, 0) is 107 Å². The molecule has 7 rings (SSSR count). The number of ether oxygens (including phenoxy) is 1. The third-order valence-electron chi connectivity index (χ3n) is 11.1. The normalized spacial score (nSPS) is 24.5. The van der Waals surface area contributed by atoms with Gasteiger partial charge in [-0.2, -0.15) is 0 Å². The molecule has 2 saturated carbocycles. The van der Waals surface area contributed by atoms with Crippen molar-refractivity contribution in [1.82, 2.24) is 20.1 Å². The van der Waals surface area contributed by atoms with E-state index >= 15 is 0 Å². The van der Waals surface area contributed by atoms with Gasteiger partial charge in [0.1, 0.15) is 11.9 Å². The quantitative estimate of drug-likeness (QED) is 0.426. The van der Waals surface area contributed by atoms with E-state index in [1.807, 2.05) is 51.2 Å². The van der Waals surface area contributed by atoms with E-state index < -0.39 is 0 Å². The summed E-state index contributed by atoms with van der Waals surface area (Å²) in [4.78, 5) is 41.1. The average molecular weight is 630 g/mol. The number of piperazine rings is 1. The molecule has 4 fully saturated rings. The van der Waals surface area contributed by atoms with Crippen LogP contribution in [0.5, 0.6) is 0 Å². The molecule has 2 aromatic rings. The summed E-state index contributed by atoms with van der Waals surface area (Å²) in [6.07, 6.45) is 10.1. The van der Waals surface area contributed by atoms with Crippen molar-refractivity contribution in [1.29, 1.82) is 0 Å². The monoisotopic (exact) mass is 629 g/mol. The number of nitrogens with zero attached hydrogens (tertiary/aromatic N) is 5. The molecule has 1 aromatic carbocycles. The van der Waals surface area contributed by atoms with Gasteiger partial charge >= 0.3 is 0 Å². The molecule has 0 radical (unpaired) electrons. The van der Waals surface area contributed by atoms with Crippen LogP contribution >= 0.6 is 0 Å². The Balaban J connectivity index is 1.06. The number of likely N-dealkylation sites (N-methyl/N-ethyl adjacent to an activating group) is 1. The molecule has 10 heteroatoms. The molecule has 2 saturated heterocycles. The van der Waals surface area contributed by atoms with E-state index in [1.54, 1.807) is 4.90 Å². The maximum atomic E-state index is 13.8. The number of hydrogen-bond donors (Lipinski definition) is 2. The van der Waals surface area contributed by atoms with Gasteiger partial charge in [0.15, 0.2) is 5.82 Å². The Morgan fingerprint density at radius 3 is 2.43 bits per heavy atom. The Hall–Kier alpha value is -3.21. The molecule has 0 unspecified atom stereocenters. The largest absolute Gasteiger partial charge is 0.381 e. The number of aryl methyl sites for hydroxylation is 1. The highest BCUT2D eigenvalue weighted by Gasteiger charge is 2.42. The minimum atomic E-state index is -0.290. The third-order valence-corrected chi connectivity index (χ3v) is 11.1. The molecular formula is C36H51N7O3. The first-order chi connectivity index (χ1) is 22.3. The SMILES string of the molecule is Cc1cc(C(=O)NC2(N3CCN(CC4CC4)CC3)CCCCC2)ccc1Nc1ccc2c(n1)N(C1CCOCC1)[C@H](C)C(=O)N2C. The molecule has 4 heterocycles. The van der Waals surface area contributed by atoms with Crippen molar-refractivity contribution in [2.45, 2.75) is 89.4 Å². The van der Waals surface area contributed by atoms with Gasteiger partial charge in [-0.15, -0.1) is 0 Å². The predicted molar refractivity (Wildman–Crippen MR) is 182 cm³/mol. The number of fused-ring (bicyclic) bond motifs is 1. The molecule has 10 nitrogen and oxygen atoms in total. The summed E-state index contributed by atoms with van der Waals surface area (Å²) in [5.74, 6) is 2.55. The number of carbonyl (C=O) groups excluding carboxylic acids is 2. The fourth-order valence-electron chi connectivity index (χ4n) is 8.16. The molecule has 2 amide bonds. The van der Waals surface area contributed by atoms with E-state index in [0.717, 1.165) is 93.4 Å². The number of nitrogens with one attached hydrogen (secondary N) is 2. The van der Waals surface area contributed by atoms with Gasteiger partial charge in [-0.25, -0.2) is 4.98 Å². The van der Waals surface area contributed by atoms with Crippen LogP contribution in [0.25, 0.3) is 0 Å². The molecule has 1 aromatic heterocycles. The van der Waals surface area contributed by atoms with Crippen LogP contribution in [0.3, 0.4) is 0 Å². The second kappa shape index (κ2) is 13.1. The summed E-state index contributed by atoms with van der Waals surface area (Å²) in [7, 11) is 1.83. The lowest BCUT2D eigenvalue weighted by Crippen LogP contribution is -2.65. The molecule has 46 heavy (non-hydrogen) atoms. The van der Waals surface area contributed by atoms with Gasteiger partial charge in [0.25, 0.3) is 5.91 Å². The molecule has 0 spiro atoms. The smallest absolute Gasteiger partial charge is 0.252 e. The maximum absolute atomic E-state index is 13.8. The third kappa shape index (κ3) is 6.36. The molecule has 3 aliphatic heterocycles. The molecule has 248 valence electrons. The van der Waals surface area contributed by atoms with Crippen molar-refractivity contribution in [2.24, 2.45) is 5.92 Å². The van der Waals surface area contributed by atoms with Crippen molar-refractivity contribution < 1.29 is 14.3 Å². The highest BCUT2D eigenvalue weighted by Crippen LogP contribution is 2.39. The Morgan fingerprint density at radius 2 is 1.74 bits per heavy atom. The minimum absolute atomic E-state index is 0.0117. The van der Waals surface area contributed by atoms with Crippen LogP contribution in [0.2, 0.25) is 0 Å². The van der Waals surface area contributed by atoms with Gasteiger partial charge in [-0.3, -0.25) is 14.5 Å². The van der Waals surface area contributed by atoms with Gasteiger partial charge in [0.2, 0.25) is 5.91 Å². The van der Waals surface area contributed by atoms with Gasteiger partial charge < -0.3 is 30.1 Å². The zero-order valence-corrected chi connectivity index (χ0v) is 27.9. The number of amides is 2. The first-order valence-electron chi connectivity index (χ1n) is 17.6. The van der Waals surface area contributed by atoms with E-state index in [4.69, 9.17) is 9.72 Å². The van der Waals surface area contributed by atoms with Crippen LogP contribution in [0.4, 0.5) is 23.0 Å². The van der Waals surface area contributed by atoms with Crippen molar-refractivity contribution in [3.8, 4) is 0 Å². The number of hydrogen-bond acceptors (Lipinski definition) is 8. The number of rotatable bonds is 8. The van der Waals surface area contributed by atoms with Gasteiger partial charge in [0, 0.05) is 70.3 Å². The van der Waals surface area contributed by atoms with Gasteiger partial charge in [-0.1, -0.05) is 6.42 Å². The van der Waals surface area contributed by atoms with Crippen LogP contribution in [0.1, 0.15) is 80.6 Å². The summed E-state index contributed by atoms with van der Waals surface area (Å²) >= 11 is 0. The molecule has 2 N–H and O–H groups in total. The van der Waals surface area contributed by atoms with Crippen molar-refractivity contribution >= 4 is 34.8 Å². The summed E-state index contributed by atoms with van der Waals surface area (Å²) in [6, 6.07) is 9.73. The molecule has 2 aliphatic carbocycles. The van der Waals surface area contributed by atoms with Crippen LogP contribution in [0, 0.1) is 12.8 Å². The number of anilines is 4. The zero-order valence-electron chi connectivity index (χ0n) is 27.9. The van der Waals surface area contributed by atoms with Gasteiger partial charge in [0.05, 0.1) is 11.4 Å². The van der Waals surface area contributed by atoms with Crippen molar-refractivity contribution in [2.75, 3.05) is 68.1 Å². The number of carbonyl (C=O) groups is 2. The summed E-state index contributed by atoms with van der Waals surface area (Å²) in [6.45, 7) is 10.9. The lowest BCUT2D eigenvalue weighted by Gasteiger charge is -2.50. The maximum Gasteiger partial charge on any atom is 0.252 e. The summed E-state index contributed by atoms with van der Waals surface area (Å²) in [5, 5.41) is 7.06. The predicted octanol–water partition coefficient (Wildman–Crippen LogP) is 4.90. The Bertz CT molecular complexity index is 1420. The Morgan fingerprint density at radius 1 is 1.00 bits per heavy atom. The van der Waals surface area contributed by atoms with Crippen LogP contribution in [-0.4, -0.2) is 97.3 Å². The second-order valence-corrected chi connectivity index (χ2v) is 14.3. The average Bonchev–Trinajstić information content (AvgIpc) is 3.90. The van der Waals surface area contributed by atoms with E-state index in [2.05, 4.69) is 25.3 Å². The molecular weight excluding hydrogens is 578 g/mol. The molecule has 5 aliphatic rings. The van der Waals surface area contributed by atoms with E-state index in [0.29, 0.717) is 24.6 Å². The lowest BCUT2D eigenvalue weighted by molar-refractivity contribution is -0.119. The molecule has 0 bridgehead atoms. The summed E-state index contributed by atoms with van der Waals surface area (Å²) < 4.78 is 5.61. The highest BCUT2D eigenvalue weighted by atomic mass is 16.5. The second-order valence-electron chi connectivity index (χ2n) is 14.3. The van der Waals surface area contributed by atoms with E-state index in [-0.39, 0.29) is 29.6 Å². The Kier molecular flexibility index (Phi) is 8.96. The van der Waals surface area contributed by atoms with E-state index in [1.165, 1.54) is 25.8 Å². The fourth-order valence-corrected chi connectivity index (χ4v) is 8.16. The van der Waals surface area contributed by atoms with Crippen molar-refractivity contribution in [3.63, 3.8) is 0 Å². The van der Waals surface area contributed by atoms with E-state index in [9.17, 15) is 9.59 Å². The number of benzene rings is 1. The Labute approximate surface area is 273 Å². The van der Waals surface area contributed by atoms with Crippen LogP contribution in [-0.2, 0) is 9.53 Å². The zero-order chi connectivity index (χ0) is 31.8.